The van der Waals surface area contributed by atoms with E-state index in [0.29, 0.717) is 25.6 Å². The molecule has 0 bridgehead atoms. The molecule has 0 atom stereocenters. The van der Waals surface area contributed by atoms with Crippen LogP contribution in [0.5, 0.6) is 0 Å². The van der Waals surface area contributed by atoms with Crippen LogP contribution in [0.3, 0.4) is 0 Å². The normalized spacial score (nSPS) is 10.9. The molecule has 130 valence electrons. The summed E-state index contributed by atoms with van der Waals surface area (Å²) < 4.78 is 10.4. The van der Waals surface area contributed by atoms with Gasteiger partial charge in [0.2, 0.25) is 0 Å². The molecular weight excluding hydrogens is 316 g/mol. The number of fused-ring (bicyclic) bond motifs is 1. The molecule has 3 rings (SSSR count). The van der Waals surface area contributed by atoms with E-state index in [1.807, 2.05) is 36.4 Å². The second kappa shape index (κ2) is 9.05. The van der Waals surface area contributed by atoms with Gasteiger partial charge in [-0.1, -0.05) is 12.1 Å². The van der Waals surface area contributed by atoms with Gasteiger partial charge in [0.05, 0.1) is 18.7 Å². The number of rotatable bonds is 9. The molecule has 0 amide bonds. The lowest BCUT2D eigenvalue weighted by atomic mass is 10.2. The Morgan fingerprint density at radius 2 is 1.92 bits per heavy atom. The molecule has 0 fully saturated rings. The fourth-order valence-corrected chi connectivity index (χ4v) is 2.46. The maximum absolute atomic E-state index is 5.49. The number of anilines is 1. The number of pyridine rings is 1. The Labute approximate surface area is 147 Å². The lowest BCUT2D eigenvalue weighted by Crippen LogP contribution is -2.10. The number of nitrogens with one attached hydrogen (secondary N) is 1. The van der Waals surface area contributed by atoms with Crippen molar-refractivity contribution < 1.29 is 9.47 Å². The molecule has 0 aliphatic heterocycles. The van der Waals surface area contributed by atoms with Gasteiger partial charge in [-0.2, -0.15) is 0 Å². The van der Waals surface area contributed by atoms with Crippen molar-refractivity contribution in [2.75, 3.05) is 38.8 Å². The molecule has 2 aromatic heterocycles. The highest BCUT2D eigenvalue weighted by atomic mass is 16.5. The fourth-order valence-electron chi connectivity index (χ4n) is 2.46. The van der Waals surface area contributed by atoms with E-state index >= 15 is 0 Å². The van der Waals surface area contributed by atoms with Gasteiger partial charge in [-0.25, -0.2) is 9.97 Å². The van der Waals surface area contributed by atoms with Crippen LogP contribution in [0, 0.1) is 0 Å². The van der Waals surface area contributed by atoms with Crippen LogP contribution in [0.4, 0.5) is 5.82 Å². The molecule has 1 aromatic carbocycles. The molecule has 0 unspecified atom stereocenters. The minimum Gasteiger partial charge on any atom is -0.382 e. The molecule has 1 N–H and O–H groups in total. The van der Waals surface area contributed by atoms with E-state index < -0.39 is 0 Å². The Balaban J connectivity index is 1.72. The minimum absolute atomic E-state index is 0.623. The number of methoxy groups -OCH3 is 1. The summed E-state index contributed by atoms with van der Waals surface area (Å²) in [4.78, 5) is 13.5. The molecule has 3 aromatic rings. The van der Waals surface area contributed by atoms with Crippen LogP contribution in [0.1, 0.15) is 6.42 Å². The first-order valence-electron chi connectivity index (χ1n) is 8.36. The largest absolute Gasteiger partial charge is 0.382 e. The number of hydrogen-bond acceptors (Lipinski definition) is 6. The fraction of sp³-hybridized carbons (Fsp3) is 0.316. The smallest absolute Gasteiger partial charge is 0.163 e. The van der Waals surface area contributed by atoms with Crippen molar-refractivity contribution in [3.05, 3.63) is 48.8 Å². The van der Waals surface area contributed by atoms with Crippen molar-refractivity contribution in [3.63, 3.8) is 0 Å². The zero-order valence-electron chi connectivity index (χ0n) is 14.3. The first-order valence-corrected chi connectivity index (χ1v) is 8.36. The van der Waals surface area contributed by atoms with E-state index in [1.54, 1.807) is 19.5 Å². The number of ether oxygens (including phenoxy) is 2. The molecule has 0 aliphatic carbocycles. The molecule has 6 heteroatoms. The van der Waals surface area contributed by atoms with Gasteiger partial charge in [-0.3, -0.25) is 4.98 Å². The molecule has 0 radical (unpaired) electrons. The van der Waals surface area contributed by atoms with Crippen LogP contribution in [0.2, 0.25) is 0 Å². The van der Waals surface area contributed by atoms with Crippen molar-refractivity contribution in [2.24, 2.45) is 0 Å². The third-order valence-corrected chi connectivity index (χ3v) is 3.71. The van der Waals surface area contributed by atoms with E-state index in [9.17, 15) is 0 Å². The topological polar surface area (TPSA) is 69.2 Å². The summed E-state index contributed by atoms with van der Waals surface area (Å²) >= 11 is 0. The SMILES string of the molecule is COCCOCCCNc1nc(-c2cccnc2)nc2ccccc12. The molecule has 0 spiro atoms. The van der Waals surface area contributed by atoms with Crippen molar-refractivity contribution in [1.29, 1.82) is 0 Å². The van der Waals surface area contributed by atoms with E-state index in [2.05, 4.69) is 15.3 Å². The molecule has 6 nitrogen and oxygen atoms in total. The Hall–Kier alpha value is -2.57. The summed E-state index contributed by atoms with van der Waals surface area (Å²) in [6.45, 7) is 2.71. The summed E-state index contributed by atoms with van der Waals surface area (Å²) in [5.41, 5.74) is 1.81. The molecule has 0 saturated carbocycles. The average Bonchev–Trinajstić information content (AvgIpc) is 2.67. The van der Waals surface area contributed by atoms with Gasteiger partial charge in [0.25, 0.3) is 0 Å². The van der Waals surface area contributed by atoms with Gasteiger partial charge < -0.3 is 14.8 Å². The summed E-state index contributed by atoms with van der Waals surface area (Å²) in [5.74, 6) is 1.51. The number of benzene rings is 1. The van der Waals surface area contributed by atoms with Gasteiger partial charge in [0.15, 0.2) is 5.82 Å². The predicted molar refractivity (Wildman–Crippen MR) is 98.6 cm³/mol. The van der Waals surface area contributed by atoms with E-state index in [4.69, 9.17) is 14.5 Å². The molecule has 25 heavy (non-hydrogen) atoms. The molecule has 2 heterocycles. The van der Waals surface area contributed by atoms with Crippen LogP contribution < -0.4 is 5.32 Å². The van der Waals surface area contributed by atoms with Gasteiger partial charge >= 0.3 is 0 Å². The van der Waals surface area contributed by atoms with Gasteiger partial charge in [0, 0.05) is 43.6 Å². The van der Waals surface area contributed by atoms with Crippen LogP contribution in [-0.4, -0.2) is 48.4 Å². The maximum Gasteiger partial charge on any atom is 0.163 e. The zero-order valence-corrected chi connectivity index (χ0v) is 14.3. The Morgan fingerprint density at radius 1 is 1.00 bits per heavy atom. The van der Waals surface area contributed by atoms with Crippen molar-refractivity contribution in [1.82, 2.24) is 15.0 Å². The lowest BCUT2D eigenvalue weighted by Gasteiger charge is -2.11. The highest BCUT2D eigenvalue weighted by Gasteiger charge is 2.09. The van der Waals surface area contributed by atoms with Gasteiger partial charge in [-0.15, -0.1) is 0 Å². The quantitative estimate of drug-likeness (QED) is 0.605. The predicted octanol–water partition coefficient (Wildman–Crippen LogP) is 3.16. The number of para-hydroxylation sites is 1. The Morgan fingerprint density at radius 3 is 2.76 bits per heavy atom. The monoisotopic (exact) mass is 338 g/mol. The standard InChI is InChI=1S/C19H22N4O2/c1-24-12-13-25-11-5-10-21-19-16-7-2-3-8-17(16)22-18(23-19)15-6-4-9-20-14-15/h2-4,6-9,14H,5,10-13H2,1H3,(H,21,22,23). The number of hydrogen-bond donors (Lipinski definition) is 1. The highest BCUT2D eigenvalue weighted by Crippen LogP contribution is 2.24. The third-order valence-electron chi connectivity index (χ3n) is 3.71. The van der Waals surface area contributed by atoms with Crippen LogP contribution in [-0.2, 0) is 9.47 Å². The molecular formula is C19H22N4O2. The minimum atomic E-state index is 0.623. The van der Waals surface area contributed by atoms with Crippen molar-refractivity contribution in [2.45, 2.75) is 6.42 Å². The molecule has 0 saturated heterocycles. The number of aromatic nitrogens is 3. The first-order chi connectivity index (χ1) is 12.4. The van der Waals surface area contributed by atoms with Crippen LogP contribution in [0.25, 0.3) is 22.3 Å². The van der Waals surface area contributed by atoms with Crippen molar-refractivity contribution >= 4 is 16.7 Å². The van der Waals surface area contributed by atoms with Crippen LogP contribution in [0.15, 0.2) is 48.8 Å². The average molecular weight is 338 g/mol. The zero-order chi connectivity index (χ0) is 17.3. The Kier molecular flexibility index (Phi) is 6.25. The van der Waals surface area contributed by atoms with E-state index in [0.717, 1.165) is 35.2 Å². The highest BCUT2D eigenvalue weighted by molar-refractivity contribution is 5.90. The summed E-state index contributed by atoms with van der Waals surface area (Å²) in [7, 11) is 1.67. The molecule has 0 aliphatic rings. The second-order valence-electron chi connectivity index (χ2n) is 5.54. The number of nitrogens with zero attached hydrogens (tertiary/aromatic N) is 3. The lowest BCUT2D eigenvalue weighted by molar-refractivity contribution is 0.0705. The van der Waals surface area contributed by atoms with E-state index in [1.165, 1.54) is 0 Å². The van der Waals surface area contributed by atoms with Crippen molar-refractivity contribution in [3.8, 4) is 11.4 Å². The third kappa shape index (κ3) is 4.71. The first kappa shape index (κ1) is 17.3. The summed E-state index contributed by atoms with van der Waals surface area (Å²) in [6, 6.07) is 11.9. The second-order valence-corrected chi connectivity index (χ2v) is 5.54. The van der Waals surface area contributed by atoms with Crippen LogP contribution >= 0.6 is 0 Å². The maximum atomic E-state index is 5.49. The van der Waals surface area contributed by atoms with E-state index in [-0.39, 0.29) is 0 Å². The van der Waals surface area contributed by atoms with Gasteiger partial charge in [0.1, 0.15) is 5.82 Å². The van der Waals surface area contributed by atoms with Gasteiger partial charge in [-0.05, 0) is 30.7 Å². The summed E-state index contributed by atoms with van der Waals surface area (Å²) in [6.07, 6.45) is 4.41. The summed E-state index contributed by atoms with van der Waals surface area (Å²) in [5, 5.41) is 4.42. The Bertz CT molecular complexity index is 796.